The number of carbonyl (C=O) groups is 1. The molecule has 2 heterocycles. The maximum absolute atomic E-state index is 10.9. The van der Waals surface area contributed by atoms with Crippen LogP contribution in [0.5, 0.6) is 0 Å². The van der Waals surface area contributed by atoms with E-state index in [0.29, 0.717) is 5.52 Å². The Morgan fingerprint density at radius 2 is 2.11 bits per heavy atom. The second kappa shape index (κ2) is 3.94. The van der Waals surface area contributed by atoms with Crippen LogP contribution in [0.1, 0.15) is 16.1 Å². The lowest BCUT2D eigenvalue weighted by Gasteiger charge is -1.99. The number of aryl methyl sites for hydroxylation is 2. The first-order valence-corrected chi connectivity index (χ1v) is 5.77. The third kappa shape index (κ3) is 1.77. The van der Waals surface area contributed by atoms with Gasteiger partial charge in [-0.3, -0.25) is 9.25 Å². The number of carboxylic acids is 1. The minimum Gasteiger partial charge on any atom is -0.478 e. The number of imidazole rings is 1. The van der Waals surface area contributed by atoms with Gasteiger partial charge in [0, 0.05) is 18.8 Å². The molecule has 0 bridgehead atoms. The molecule has 19 heavy (non-hydrogen) atoms. The summed E-state index contributed by atoms with van der Waals surface area (Å²) in [5, 5.41) is 13.3. The molecule has 0 spiro atoms. The van der Waals surface area contributed by atoms with Crippen LogP contribution in [0.15, 0.2) is 30.6 Å². The van der Waals surface area contributed by atoms with Gasteiger partial charge >= 0.3 is 5.97 Å². The van der Waals surface area contributed by atoms with Crippen LogP contribution in [0.3, 0.4) is 0 Å². The number of aromatic nitrogens is 4. The van der Waals surface area contributed by atoms with E-state index in [1.165, 1.54) is 0 Å². The Morgan fingerprint density at radius 3 is 2.74 bits per heavy atom. The van der Waals surface area contributed by atoms with Crippen LogP contribution in [0.2, 0.25) is 0 Å². The Balaban J connectivity index is 2.18. The predicted octanol–water partition coefficient (Wildman–Crippen LogP) is 1.77. The third-order valence-corrected chi connectivity index (χ3v) is 3.14. The average Bonchev–Trinajstić information content (AvgIpc) is 2.93. The molecule has 0 fully saturated rings. The van der Waals surface area contributed by atoms with E-state index in [9.17, 15) is 4.79 Å². The molecule has 0 radical (unpaired) electrons. The number of nitrogens with zero attached hydrogens (tertiary/aromatic N) is 4. The maximum Gasteiger partial charge on any atom is 0.335 e. The highest BCUT2D eigenvalue weighted by Crippen LogP contribution is 2.19. The van der Waals surface area contributed by atoms with Crippen LogP contribution in [0.25, 0.3) is 16.9 Å². The summed E-state index contributed by atoms with van der Waals surface area (Å²) in [4.78, 5) is 15.1. The quantitative estimate of drug-likeness (QED) is 0.758. The van der Waals surface area contributed by atoms with Crippen molar-refractivity contribution in [3.8, 4) is 5.82 Å². The van der Waals surface area contributed by atoms with Gasteiger partial charge in [-0.1, -0.05) is 0 Å². The molecule has 0 atom stereocenters. The molecule has 96 valence electrons. The largest absolute Gasteiger partial charge is 0.478 e. The molecule has 0 aliphatic carbocycles. The second-order valence-electron chi connectivity index (χ2n) is 4.39. The summed E-state index contributed by atoms with van der Waals surface area (Å²) >= 11 is 0. The highest BCUT2D eigenvalue weighted by atomic mass is 16.4. The first kappa shape index (κ1) is 11.5. The molecule has 0 unspecified atom stereocenters. The van der Waals surface area contributed by atoms with Crippen molar-refractivity contribution >= 4 is 17.0 Å². The van der Waals surface area contributed by atoms with Crippen LogP contribution in [0.4, 0.5) is 0 Å². The number of benzene rings is 1. The summed E-state index contributed by atoms with van der Waals surface area (Å²) < 4.78 is 3.63. The molecule has 6 nitrogen and oxygen atoms in total. The van der Waals surface area contributed by atoms with Gasteiger partial charge in [-0.25, -0.2) is 9.78 Å². The average molecular weight is 256 g/mol. The van der Waals surface area contributed by atoms with Gasteiger partial charge in [-0.2, -0.15) is 5.10 Å². The first-order chi connectivity index (χ1) is 9.06. The highest BCUT2D eigenvalue weighted by molar-refractivity contribution is 5.92. The van der Waals surface area contributed by atoms with E-state index in [2.05, 4.69) is 10.1 Å². The fourth-order valence-corrected chi connectivity index (χ4v) is 1.99. The fraction of sp³-hybridized carbons (Fsp3) is 0.154. The van der Waals surface area contributed by atoms with Crippen molar-refractivity contribution in [2.75, 3.05) is 0 Å². The summed E-state index contributed by atoms with van der Waals surface area (Å²) in [6, 6.07) is 6.82. The molecule has 1 aromatic carbocycles. The summed E-state index contributed by atoms with van der Waals surface area (Å²) in [5.74, 6) is -0.185. The number of hydrogen-bond donors (Lipinski definition) is 1. The standard InChI is InChI=1S/C13H12N4O2/c1-8-5-12(15-16(8)2)17-7-14-10-6-9(13(18)19)3-4-11(10)17/h3-7H,1-2H3,(H,18,19). The van der Waals surface area contributed by atoms with E-state index in [-0.39, 0.29) is 5.56 Å². The van der Waals surface area contributed by atoms with Crippen LogP contribution in [-0.4, -0.2) is 30.4 Å². The van der Waals surface area contributed by atoms with Gasteiger partial charge in [0.25, 0.3) is 0 Å². The molecule has 6 heteroatoms. The van der Waals surface area contributed by atoms with Crippen molar-refractivity contribution < 1.29 is 9.90 Å². The van der Waals surface area contributed by atoms with Crippen LogP contribution < -0.4 is 0 Å². The number of rotatable bonds is 2. The third-order valence-electron chi connectivity index (χ3n) is 3.14. The smallest absolute Gasteiger partial charge is 0.335 e. The van der Waals surface area contributed by atoms with Gasteiger partial charge in [-0.15, -0.1) is 0 Å². The van der Waals surface area contributed by atoms with Gasteiger partial charge in [0.05, 0.1) is 16.6 Å². The van der Waals surface area contributed by atoms with Crippen molar-refractivity contribution in [1.29, 1.82) is 0 Å². The Kier molecular flexibility index (Phi) is 2.38. The lowest BCUT2D eigenvalue weighted by Crippen LogP contribution is -1.98. The van der Waals surface area contributed by atoms with Crippen LogP contribution in [-0.2, 0) is 7.05 Å². The molecular formula is C13H12N4O2. The van der Waals surface area contributed by atoms with Gasteiger partial charge in [0.1, 0.15) is 6.33 Å². The minimum absolute atomic E-state index is 0.231. The SMILES string of the molecule is Cc1cc(-n2cnc3cc(C(=O)O)ccc32)nn1C. The van der Waals surface area contributed by atoms with E-state index < -0.39 is 5.97 Å². The molecule has 3 rings (SSSR count). The van der Waals surface area contributed by atoms with Gasteiger partial charge < -0.3 is 5.11 Å². The van der Waals surface area contributed by atoms with Crippen molar-refractivity contribution in [3.63, 3.8) is 0 Å². The number of carboxylic acid groups (broad SMARTS) is 1. The monoisotopic (exact) mass is 256 g/mol. The summed E-state index contributed by atoms with van der Waals surface area (Å²) in [6.07, 6.45) is 1.65. The topological polar surface area (TPSA) is 72.9 Å². The summed E-state index contributed by atoms with van der Waals surface area (Å²) in [6.45, 7) is 1.97. The summed E-state index contributed by atoms with van der Waals surface area (Å²) in [7, 11) is 1.88. The Bertz CT molecular complexity index is 766. The second-order valence-corrected chi connectivity index (χ2v) is 4.39. The zero-order valence-electron chi connectivity index (χ0n) is 10.5. The van der Waals surface area contributed by atoms with Gasteiger partial charge in [0.2, 0.25) is 0 Å². The molecule has 1 N–H and O–H groups in total. The summed E-state index contributed by atoms with van der Waals surface area (Å²) in [5.41, 5.74) is 2.75. The zero-order chi connectivity index (χ0) is 13.6. The molecule has 0 amide bonds. The van der Waals surface area contributed by atoms with Gasteiger partial charge in [-0.05, 0) is 25.1 Å². The molecule has 2 aromatic heterocycles. The first-order valence-electron chi connectivity index (χ1n) is 5.77. The minimum atomic E-state index is -0.954. The maximum atomic E-state index is 10.9. The van der Waals surface area contributed by atoms with Crippen molar-refractivity contribution in [3.05, 3.63) is 41.9 Å². The highest BCUT2D eigenvalue weighted by Gasteiger charge is 2.11. The number of aromatic carboxylic acids is 1. The van der Waals surface area contributed by atoms with E-state index >= 15 is 0 Å². The van der Waals surface area contributed by atoms with Crippen molar-refractivity contribution in [2.24, 2.45) is 7.05 Å². The van der Waals surface area contributed by atoms with E-state index in [1.807, 2.05) is 24.6 Å². The van der Waals surface area contributed by atoms with Crippen LogP contribution in [0, 0.1) is 6.92 Å². The normalized spacial score (nSPS) is 11.1. The zero-order valence-corrected chi connectivity index (χ0v) is 10.5. The Labute approximate surface area is 108 Å². The Morgan fingerprint density at radius 1 is 1.32 bits per heavy atom. The van der Waals surface area contributed by atoms with E-state index in [4.69, 9.17) is 5.11 Å². The van der Waals surface area contributed by atoms with Crippen molar-refractivity contribution in [2.45, 2.75) is 6.92 Å². The van der Waals surface area contributed by atoms with Crippen molar-refractivity contribution in [1.82, 2.24) is 19.3 Å². The molecule has 3 aromatic rings. The molecule has 0 saturated carbocycles. The predicted molar refractivity (Wildman–Crippen MR) is 69.5 cm³/mol. The van der Waals surface area contributed by atoms with E-state index in [0.717, 1.165) is 17.0 Å². The number of fused-ring (bicyclic) bond motifs is 1. The van der Waals surface area contributed by atoms with Crippen LogP contribution >= 0.6 is 0 Å². The molecule has 0 saturated heterocycles. The Hall–Kier alpha value is -2.63. The molecular weight excluding hydrogens is 244 g/mol. The lowest BCUT2D eigenvalue weighted by atomic mass is 10.2. The fourth-order valence-electron chi connectivity index (χ4n) is 1.99. The number of hydrogen-bond acceptors (Lipinski definition) is 3. The van der Waals surface area contributed by atoms with E-state index in [1.54, 1.807) is 29.2 Å². The molecule has 0 aliphatic heterocycles. The molecule has 0 aliphatic rings. The van der Waals surface area contributed by atoms with Gasteiger partial charge in [0.15, 0.2) is 5.82 Å². The lowest BCUT2D eigenvalue weighted by molar-refractivity contribution is 0.0697.